The van der Waals surface area contributed by atoms with Crippen LogP contribution in [0.3, 0.4) is 0 Å². The van der Waals surface area contributed by atoms with Crippen molar-refractivity contribution >= 4 is 11.3 Å². The van der Waals surface area contributed by atoms with Crippen LogP contribution >= 0.6 is 11.3 Å². The largest absolute Gasteiger partial charge is 0.292 e. The van der Waals surface area contributed by atoms with Crippen LogP contribution in [0.25, 0.3) is 0 Å². The lowest BCUT2D eigenvalue weighted by molar-refractivity contribution is 0.710. The van der Waals surface area contributed by atoms with Crippen molar-refractivity contribution in [3.63, 3.8) is 0 Å². The van der Waals surface area contributed by atoms with E-state index in [2.05, 4.69) is 15.2 Å². The molecule has 6 heteroatoms. The summed E-state index contributed by atoms with van der Waals surface area (Å²) in [5, 5.41) is 9.63. The minimum atomic E-state index is -0.0136. The first-order valence-corrected chi connectivity index (χ1v) is 5.71. The molecule has 0 aliphatic heterocycles. The second kappa shape index (κ2) is 4.13. The maximum absolute atomic E-state index is 11.9. The highest BCUT2D eigenvalue weighted by Crippen LogP contribution is 2.08. The van der Waals surface area contributed by atoms with Gasteiger partial charge in [0.15, 0.2) is 0 Å². The van der Waals surface area contributed by atoms with Crippen LogP contribution in [0.4, 0.5) is 0 Å². The van der Waals surface area contributed by atoms with Crippen molar-refractivity contribution in [1.29, 1.82) is 0 Å². The van der Waals surface area contributed by atoms with Crippen LogP contribution in [0, 0.1) is 20.8 Å². The Balaban J connectivity index is 2.36. The molecule has 0 aliphatic rings. The average molecular weight is 236 g/mol. The number of hydrogen-bond acceptors (Lipinski definition) is 5. The van der Waals surface area contributed by atoms with Gasteiger partial charge in [-0.3, -0.25) is 9.36 Å². The van der Waals surface area contributed by atoms with Gasteiger partial charge in [-0.25, -0.2) is 4.98 Å². The lowest BCUT2D eigenvalue weighted by Gasteiger charge is -2.04. The number of hydrogen-bond donors (Lipinski definition) is 0. The molecule has 0 fully saturated rings. The summed E-state index contributed by atoms with van der Waals surface area (Å²) in [6, 6.07) is 0. The molecule has 0 N–H and O–H groups in total. The topological polar surface area (TPSA) is 60.7 Å². The van der Waals surface area contributed by atoms with Gasteiger partial charge in [-0.05, 0) is 20.8 Å². The fourth-order valence-corrected chi connectivity index (χ4v) is 2.04. The van der Waals surface area contributed by atoms with E-state index >= 15 is 0 Å². The maximum atomic E-state index is 11.9. The highest BCUT2D eigenvalue weighted by molar-refractivity contribution is 7.11. The third-order valence-corrected chi connectivity index (χ3v) is 3.21. The summed E-state index contributed by atoms with van der Waals surface area (Å²) in [5.74, 6) is 0. The normalized spacial score (nSPS) is 10.7. The number of nitrogens with zero attached hydrogens (tertiary/aromatic N) is 4. The first kappa shape index (κ1) is 10.9. The Morgan fingerprint density at radius 1 is 1.31 bits per heavy atom. The Morgan fingerprint density at radius 3 is 2.69 bits per heavy atom. The first-order chi connectivity index (χ1) is 7.58. The second-order valence-corrected chi connectivity index (χ2v) is 4.87. The van der Waals surface area contributed by atoms with Crippen molar-refractivity contribution in [2.45, 2.75) is 27.3 Å². The predicted octanol–water partition coefficient (Wildman–Crippen LogP) is 1.07. The standard InChI is InChI=1S/C10H12N4OS/c1-6-7(2)11-5-14(10(6)15)4-9-13-12-8(3)16-9/h5H,4H2,1-3H3. The van der Waals surface area contributed by atoms with Gasteiger partial charge >= 0.3 is 0 Å². The summed E-state index contributed by atoms with van der Waals surface area (Å²) in [4.78, 5) is 16.0. The van der Waals surface area contributed by atoms with E-state index in [1.165, 1.54) is 11.3 Å². The van der Waals surface area contributed by atoms with Crippen molar-refractivity contribution in [2.75, 3.05) is 0 Å². The van der Waals surface area contributed by atoms with E-state index < -0.39 is 0 Å². The van der Waals surface area contributed by atoms with Gasteiger partial charge in [-0.15, -0.1) is 10.2 Å². The molecule has 0 aliphatic carbocycles. The number of rotatable bonds is 2. The summed E-state index contributed by atoms with van der Waals surface area (Å²) in [7, 11) is 0. The molecule has 2 heterocycles. The fraction of sp³-hybridized carbons (Fsp3) is 0.400. The maximum Gasteiger partial charge on any atom is 0.256 e. The van der Waals surface area contributed by atoms with Crippen LogP contribution in [0.2, 0.25) is 0 Å². The number of aryl methyl sites for hydroxylation is 2. The van der Waals surface area contributed by atoms with Gasteiger partial charge in [0, 0.05) is 11.3 Å². The van der Waals surface area contributed by atoms with Crippen LogP contribution in [0.15, 0.2) is 11.1 Å². The summed E-state index contributed by atoms with van der Waals surface area (Å²) >= 11 is 1.49. The SMILES string of the molecule is Cc1nnc(Cn2cnc(C)c(C)c2=O)s1. The Hall–Kier alpha value is -1.56. The van der Waals surface area contributed by atoms with Gasteiger partial charge in [-0.2, -0.15) is 0 Å². The van der Waals surface area contributed by atoms with Crippen LogP contribution < -0.4 is 5.56 Å². The van der Waals surface area contributed by atoms with E-state index in [1.54, 1.807) is 17.8 Å². The molecule has 0 amide bonds. The molecule has 0 spiro atoms. The molecular formula is C10H12N4OS. The van der Waals surface area contributed by atoms with Gasteiger partial charge in [-0.1, -0.05) is 11.3 Å². The van der Waals surface area contributed by atoms with Crippen LogP contribution in [-0.2, 0) is 6.54 Å². The summed E-state index contributed by atoms with van der Waals surface area (Å²) < 4.78 is 1.56. The zero-order chi connectivity index (χ0) is 11.7. The molecule has 2 rings (SSSR count). The van der Waals surface area contributed by atoms with Crippen molar-refractivity contribution < 1.29 is 0 Å². The molecule has 0 saturated heterocycles. The Morgan fingerprint density at radius 2 is 2.06 bits per heavy atom. The number of aromatic nitrogens is 4. The Labute approximate surface area is 96.8 Å². The molecule has 84 valence electrons. The van der Waals surface area contributed by atoms with Gasteiger partial charge in [0.1, 0.15) is 10.0 Å². The van der Waals surface area contributed by atoms with Crippen LogP contribution in [-0.4, -0.2) is 19.7 Å². The highest BCUT2D eigenvalue weighted by atomic mass is 32.1. The minimum absolute atomic E-state index is 0.0136. The third-order valence-electron chi connectivity index (χ3n) is 2.39. The second-order valence-electron chi connectivity index (χ2n) is 3.60. The van der Waals surface area contributed by atoms with Gasteiger partial charge in [0.2, 0.25) is 0 Å². The van der Waals surface area contributed by atoms with Gasteiger partial charge < -0.3 is 0 Å². The Bertz CT molecular complexity index is 572. The van der Waals surface area contributed by atoms with E-state index in [1.807, 2.05) is 13.8 Å². The molecule has 5 nitrogen and oxygen atoms in total. The monoisotopic (exact) mass is 236 g/mol. The lowest BCUT2D eigenvalue weighted by atomic mass is 10.3. The highest BCUT2D eigenvalue weighted by Gasteiger charge is 2.06. The molecular weight excluding hydrogens is 224 g/mol. The molecule has 0 radical (unpaired) electrons. The zero-order valence-electron chi connectivity index (χ0n) is 9.39. The predicted molar refractivity (Wildman–Crippen MR) is 61.7 cm³/mol. The van der Waals surface area contributed by atoms with Crippen molar-refractivity contribution in [1.82, 2.24) is 19.7 Å². The van der Waals surface area contributed by atoms with E-state index in [9.17, 15) is 4.79 Å². The molecule has 0 aromatic carbocycles. The minimum Gasteiger partial charge on any atom is -0.292 e. The van der Waals surface area contributed by atoms with E-state index in [-0.39, 0.29) is 5.56 Å². The fourth-order valence-electron chi connectivity index (χ4n) is 1.34. The molecule has 0 saturated carbocycles. The van der Waals surface area contributed by atoms with E-state index in [4.69, 9.17) is 0 Å². The van der Waals surface area contributed by atoms with E-state index in [0.717, 1.165) is 15.7 Å². The molecule has 2 aromatic heterocycles. The third kappa shape index (κ3) is 2.01. The van der Waals surface area contributed by atoms with Crippen molar-refractivity contribution in [3.05, 3.63) is 38.0 Å². The van der Waals surface area contributed by atoms with Gasteiger partial charge in [0.05, 0.1) is 12.9 Å². The summed E-state index contributed by atoms with van der Waals surface area (Å²) in [6.45, 7) is 5.95. The van der Waals surface area contributed by atoms with Crippen molar-refractivity contribution in [3.8, 4) is 0 Å². The summed E-state index contributed by atoms with van der Waals surface area (Å²) in [5.41, 5.74) is 1.44. The molecule has 2 aromatic rings. The molecule has 0 atom stereocenters. The quantitative estimate of drug-likeness (QED) is 0.782. The lowest BCUT2D eigenvalue weighted by Crippen LogP contribution is -2.24. The van der Waals surface area contributed by atoms with Crippen molar-refractivity contribution in [2.24, 2.45) is 0 Å². The first-order valence-electron chi connectivity index (χ1n) is 4.89. The van der Waals surface area contributed by atoms with Crippen LogP contribution in [0.5, 0.6) is 0 Å². The Kier molecular flexibility index (Phi) is 2.82. The van der Waals surface area contributed by atoms with Gasteiger partial charge in [0.25, 0.3) is 5.56 Å². The summed E-state index contributed by atoms with van der Waals surface area (Å²) in [6.07, 6.45) is 1.56. The smallest absolute Gasteiger partial charge is 0.256 e. The van der Waals surface area contributed by atoms with Crippen LogP contribution in [0.1, 0.15) is 21.3 Å². The molecule has 0 unspecified atom stereocenters. The molecule has 0 bridgehead atoms. The molecule has 16 heavy (non-hydrogen) atoms. The zero-order valence-corrected chi connectivity index (χ0v) is 10.2. The van der Waals surface area contributed by atoms with E-state index in [0.29, 0.717) is 12.1 Å². The average Bonchev–Trinajstić information content (AvgIpc) is 2.65.